The lowest BCUT2D eigenvalue weighted by atomic mass is 9.94. The van der Waals surface area contributed by atoms with Gasteiger partial charge in [-0.05, 0) is 32.7 Å². The highest BCUT2D eigenvalue weighted by Crippen LogP contribution is 2.24. The van der Waals surface area contributed by atoms with Crippen molar-refractivity contribution < 1.29 is 9.53 Å². The smallest absolute Gasteiger partial charge is 0.323 e. The summed E-state index contributed by atoms with van der Waals surface area (Å²) in [5.74, 6) is -0.110. The summed E-state index contributed by atoms with van der Waals surface area (Å²) in [5, 5.41) is 0. The summed E-state index contributed by atoms with van der Waals surface area (Å²) in [6.45, 7) is 3.74. The number of carbonyl (C=O) groups is 1. The first-order valence-electron chi connectivity index (χ1n) is 5.11. The number of nitrogens with zero attached hydrogens (tertiary/aromatic N) is 1. The first-order valence-corrected chi connectivity index (χ1v) is 5.11. The first kappa shape index (κ1) is 11.2. The van der Waals surface area contributed by atoms with E-state index in [9.17, 15) is 4.79 Å². The molecule has 1 saturated heterocycles. The molecule has 2 unspecified atom stereocenters. The van der Waals surface area contributed by atoms with Gasteiger partial charge in [-0.3, -0.25) is 9.69 Å². The van der Waals surface area contributed by atoms with Gasteiger partial charge in [0.25, 0.3) is 0 Å². The topological polar surface area (TPSA) is 29.5 Å². The van der Waals surface area contributed by atoms with Crippen molar-refractivity contribution in [1.29, 1.82) is 0 Å². The van der Waals surface area contributed by atoms with Crippen LogP contribution >= 0.6 is 0 Å². The number of piperidine rings is 1. The summed E-state index contributed by atoms with van der Waals surface area (Å²) in [6.07, 6.45) is 6.03. The van der Waals surface area contributed by atoms with E-state index in [-0.39, 0.29) is 12.0 Å². The van der Waals surface area contributed by atoms with Crippen LogP contribution in [-0.2, 0) is 9.53 Å². The molecule has 1 rings (SSSR count). The van der Waals surface area contributed by atoms with Crippen molar-refractivity contribution in [2.24, 2.45) is 0 Å². The predicted molar refractivity (Wildman–Crippen MR) is 56.0 cm³/mol. The van der Waals surface area contributed by atoms with E-state index in [0.717, 1.165) is 25.7 Å². The highest BCUT2D eigenvalue weighted by Gasteiger charge is 2.32. The Morgan fingerprint density at radius 1 is 1.64 bits per heavy atom. The molecule has 80 valence electrons. The molecule has 1 heterocycles. The Bertz CT molecular complexity index is 215. The van der Waals surface area contributed by atoms with Gasteiger partial charge in [0.15, 0.2) is 0 Å². The van der Waals surface area contributed by atoms with Gasteiger partial charge >= 0.3 is 5.97 Å². The maximum absolute atomic E-state index is 11.4. The van der Waals surface area contributed by atoms with Crippen molar-refractivity contribution in [3.8, 4) is 0 Å². The number of rotatable bonds is 3. The third-order valence-corrected chi connectivity index (χ3v) is 2.99. The summed E-state index contributed by atoms with van der Waals surface area (Å²) < 4.78 is 4.78. The number of likely N-dealkylation sites (N-methyl/N-ethyl adjacent to an activating group) is 1. The van der Waals surface area contributed by atoms with Gasteiger partial charge in [0.1, 0.15) is 6.04 Å². The van der Waals surface area contributed by atoms with Crippen molar-refractivity contribution in [2.75, 3.05) is 14.2 Å². The monoisotopic (exact) mass is 197 g/mol. The number of likely N-dealkylation sites (tertiary alicyclic amines) is 1. The van der Waals surface area contributed by atoms with Crippen LogP contribution in [0.1, 0.15) is 25.7 Å². The fraction of sp³-hybridized carbons (Fsp3) is 0.727. The number of carbonyl (C=O) groups excluding carboxylic acids is 1. The molecule has 0 spiro atoms. The summed E-state index contributed by atoms with van der Waals surface area (Å²) >= 11 is 0. The second-order valence-electron chi connectivity index (χ2n) is 3.81. The Morgan fingerprint density at radius 2 is 2.36 bits per heavy atom. The molecule has 3 heteroatoms. The van der Waals surface area contributed by atoms with E-state index in [1.54, 1.807) is 0 Å². The molecule has 2 atom stereocenters. The Hall–Kier alpha value is -0.830. The minimum Gasteiger partial charge on any atom is -0.468 e. The zero-order chi connectivity index (χ0) is 10.6. The van der Waals surface area contributed by atoms with E-state index in [1.165, 1.54) is 7.11 Å². The molecule has 0 bridgehead atoms. The molecule has 0 saturated carbocycles. The van der Waals surface area contributed by atoms with Crippen molar-refractivity contribution in [1.82, 2.24) is 4.90 Å². The van der Waals surface area contributed by atoms with Gasteiger partial charge in [-0.1, -0.05) is 6.08 Å². The zero-order valence-electron chi connectivity index (χ0n) is 9.03. The fourth-order valence-corrected chi connectivity index (χ4v) is 2.11. The van der Waals surface area contributed by atoms with E-state index in [2.05, 4.69) is 11.5 Å². The number of methoxy groups -OCH3 is 1. The maximum Gasteiger partial charge on any atom is 0.323 e. The van der Waals surface area contributed by atoms with Gasteiger partial charge in [-0.15, -0.1) is 6.58 Å². The average Bonchev–Trinajstić information content (AvgIpc) is 2.20. The van der Waals surface area contributed by atoms with Crippen LogP contribution in [0.5, 0.6) is 0 Å². The molecule has 0 N–H and O–H groups in total. The van der Waals surface area contributed by atoms with Crippen LogP contribution in [0, 0.1) is 0 Å². The number of hydrogen-bond donors (Lipinski definition) is 0. The van der Waals surface area contributed by atoms with Crippen LogP contribution in [0.15, 0.2) is 12.7 Å². The highest BCUT2D eigenvalue weighted by molar-refractivity contribution is 5.75. The summed E-state index contributed by atoms with van der Waals surface area (Å²) in [4.78, 5) is 13.6. The Kier molecular flexibility index (Phi) is 4.14. The van der Waals surface area contributed by atoms with Gasteiger partial charge in [-0.2, -0.15) is 0 Å². The van der Waals surface area contributed by atoms with Crippen LogP contribution in [0.3, 0.4) is 0 Å². The molecule has 1 aliphatic rings. The predicted octanol–water partition coefficient (Wildman–Crippen LogP) is 1.59. The third kappa shape index (κ3) is 2.35. The molecule has 14 heavy (non-hydrogen) atoms. The van der Waals surface area contributed by atoms with Crippen LogP contribution in [0.2, 0.25) is 0 Å². The van der Waals surface area contributed by atoms with E-state index < -0.39 is 0 Å². The molecule has 0 aromatic carbocycles. The summed E-state index contributed by atoms with van der Waals surface area (Å²) in [7, 11) is 3.45. The molecular formula is C11H19NO2. The SMILES string of the molecule is C=CCC1CCCC(C(=O)OC)N1C. The molecule has 0 amide bonds. The quantitative estimate of drug-likeness (QED) is 0.508. The Morgan fingerprint density at radius 3 is 2.93 bits per heavy atom. The molecular weight excluding hydrogens is 178 g/mol. The van der Waals surface area contributed by atoms with Gasteiger partial charge in [0, 0.05) is 6.04 Å². The Labute approximate surface area is 85.7 Å². The van der Waals surface area contributed by atoms with E-state index >= 15 is 0 Å². The first-order chi connectivity index (χ1) is 6.70. The van der Waals surface area contributed by atoms with Gasteiger partial charge in [0.2, 0.25) is 0 Å². The van der Waals surface area contributed by atoms with E-state index in [1.807, 2.05) is 13.1 Å². The molecule has 0 radical (unpaired) electrons. The molecule has 1 aliphatic heterocycles. The number of esters is 1. The van der Waals surface area contributed by atoms with E-state index in [0.29, 0.717) is 6.04 Å². The molecule has 0 aromatic heterocycles. The van der Waals surface area contributed by atoms with Crippen molar-refractivity contribution in [3.63, 3.8) is 0 Å². The molecule has 1 fully saturated rings. The lowest BCUT2D eigenvalue weighted by molar-refractivity contribution is -0.148. The van der Waals surface area contributed by atoms with Gasteiger partial charge in [-0.25, -0.2) is 0 Å². The van der Waals surface area contributed by atoms with Crippen LogP contribution in [0.25, 0.3) is 0 Å². The van der Waals surface area contributed by atoms with E-state index in [4.69, 9.17) is 4.74 Å². The van der Waals surface area contributed by atoms with Crippen LogP contribution in [-0.4, -0.2) is 37.1 Å². The normalized spacial score (nSPS) is 28.4. The molecule has 3 nitrogen and oxygen atoms in total. The highest BCUT2D eigenvalue weighted by atomic mass is 16.5. The molecule has 0 aromatic rings. The average molecular weight is 197 g/mol. The van der Waals surface area contributed by atoms with Crippen molar-refractivity contribution in [3.05, 3.63) is 12.7 Å². The zero-order valence-corrected chi connectivity index (χ0v) is 9.03. The largest absolute Gasteiger partial charge is 0.468 e. The van der Waals surface area contributed by atoms with Crippen molar-refractivity contribution in [2.45, 2.75) is 37.8 Å². The summed E-state index contributed by atoms with van der Waals surface area (Å²) in [6, 6.07) is 0.393. The third-order valence-electron chi connectivity index (χ3n) is 2.99. The second-order valence-corrected chi connectivity index (χ2v) is 3.81. The van der Waals surface area contributed by atoms with Crippen LogP contribution in [0.4, 0.5) is 0 Å². The molecule has 0 aliphatic carbocycles. The lowest BCUT2D eigenvalue weighted by Gasteiger charge is -2.37. The van der Waals surface area contributed by atoms with Gasteiger partial charge < -0.3 is 4.74 Å². The fourth-order valence-electron chi connectivity index (χ4n) is 2.11. The van der Waals surface area contributed by atoms with Crippen molar-refractivity contribution >= 4 is 5.97 Å². The van der Waals surface area contributed by atoms with Crippen LogP contribution < -0.4 is 0 Å². The standard InChI is InChI=1S/C11H19NO2/c1-4-6-9-7-5-8-10(12(9)2)11(13)14-3/h4,9-10H,1,5-8H2,2-3H3. The Balaban J connectivity index is 2.60. The summed E-state index contributed by atoms with van der Waals surface area (Å²) in [5.41, 5.74) is 0. The minimum atomic E-state index is -0.110. The number of hydrogen-bond acceptors (Lipinski definition) is 3. The minimum absolute atomic E-state index is 0.0568. The second kappa shape index (κ2) is 5.15. The van der Waals surface area contributed by atoms with Gasteiger partial charge in [0.05, 0.1) is 7.11 Å². The number of ether oxygens (including phenoxy) is 1. The lowest BCUT2D eigenvalue weighted by Crippen LogP contribution is -2.48. The maximum atomic E-state index is 11.4.